The van der Waals surface area contributed by atoms with Crippen LogP contribution in [0, 0.1) is 11.8 Å². The molecule has 7 nitrogen and oxygen atoms in total. The summed E-state index contributed by atoms with van der Waals surface area (Å²) in [6.45, 7) is 3.90. The van der Waals surface area contributed by atoms with Crippen LogP contribution in [0.4, 0.5) is 0 Å². The van der Waals surface area contributed by atoms with E-state index in [-0.39, 0.29) is 24.4 Å². The Hall–Kier alpha value is -2.96. The molecule has 1 amide bonds. The van der Waals surface area contributed by atoms with Gasteiger partial charge in [0.05, 0.1) is 24.2 Å². The van der Waals surface area contributed by atoms with Crippen molar-refractivity contribution in [3.05, 3.63) is 47.5 Å². The SMILES string of the molecule is CCOC(=O)C1C(C)=CC2=N/C(=N/N)NC(=O)C2C1c1ccccc1. The number of aliphatic imine (C=N–C) groups is 1. The first-order chi connectivity index (χ1) is 12.1. The molecule has 3 rings (SSSR count). The summed E-state index contributed by atoms with van der Waals surface area (Å²) in [7, 11) is 0. The van der Waals surface area contributed by atoms with E-state index in [1.54, 1.807) is 13.0 Å². The normalized spacial score (nSPS) is 27.0. The Labute approximate surface area is 145 Å². The van der Waals surface area contributed by atoms with Crippen molar-refractivity contribution in [1.29, 1.82) is 0 Å². The van der Waals surface area contributed by atoms with Gasteiger partial charge in [-0.25, -0.2) is 4.99 Å². The van der Waals surface area contributed by atoms with E-state index in [9.17, 15) is 9.59 Å². The lowest BCUT2D eigenvalue weighted by Crippen LogP contribution is -2.50. The molecular weight excluding hydrogens is 320 g/mol. The van der Waals surface area contributed by atoms with Gasteiger partial charge in [-0.3, -0.25) is 14.9 Å². The molecule has 3 unspecified atom stereocenters. The molecule has 0 saturated carbocycles. The first kappa shape index (κ1) is 16.9. The minimum atomic E-state index is -0.606. The van der Waals surface area contributed by atoms with Crippen LogP contribution in [0.1, 0.15) is 25.3 Å². The molecule has 3 N–H and O–H groups in total. The van der Waals surface area contributed by atoms with Gasteiger partial charge in [0.2, 0.25) is 11.9 Å². The molecule has 1 aromatic carbocycles. The van der Waals surface area contributed by atoms with Crippen molar-refractivity contribution in [3.63, 3.8) is 0 Å². The third kappa shape index (κ3) is 3.05. The topological polar surface area (TPSA) is 106 Å². The highest BCUT2D eigenvalue weighted by Gasteiger charge is 2.47. The number of hydrogen-bond acceptors (Lipinski definition) is 5. The molecule has 1 heterocycles. The Morgan fingerprint density at radius 2 is 2.08 bits per heavy atom. The van der Waals surface area contributed by atoms with Gasteiger partial charge in [-0.05, 0) is 25.5 Å². The highest BCUT2D eigenvalue weighted by atomic mass is 16.5. The zero-order valence-electron chi connectivity index (χ0n) is 14.1. The van der Waals surface area contributed by atoms with Crippen molar-refractivity contribution in [2.24, 2.45) is 27.8 Å². The van der Waals surface area contributed by atoms with Gasteiger partial charge in [-0.1, -0.05) is 35.9 Å². The number of nitrogens with zero attached hydrogens (tertiary/aromatic N) is 2. The second-order valence-corrected chi connectivity index (χ2v) is 6.01. The van der Waals surface area contributed by atoms with Crippen LogP contribution in [0.5, 0.6) is 0 Å². The van der Waals surface area contributed by atoms with Crippen molar-refractivity contribution >= 4 is 23.5 Å². The smallest absolute Gasteiger partial charge is 0.313 e. The Morgan fingerprint density at radius 3 is 2.72 bits per heavy atom. The summed E-state index contributed by atoms with van der Waals surface area (Å²) in [6.07, 6.45) is 1.76. The lowest BCUT2D eigenvalue weighted by atomic mass is 9.67. The van der Waals surface area contributed by atoms with Gasteiger partial charge >= 0.3 is 5.97 Å². The molecule has 1 aromatic rings. The number of benzene rings is 1. The van der Waals surface area contributed by atoms with Crippen molar-refractivity contribution in [3.8, 4) is 0 Å². The molecule has 1 aliphatic heterocycles. The summed E-state index contributed by atoms with van der Waals surface area (Å²) in [5, 5.41) is 6.06. The van der Waals surface area contributed by atoms with Gasteiger partial charge in [0.25, 0.3) is 0 Å². The van der Waals surface area contributed by atoms with E-state index in [0.29, 0.717) is 5.71 Å². The van der Waals surface area contributed by atoms with E-state index in [1.807, 2.05) is 37.3 Å². The molecule has 0 fully saturated rings. The monoisotopic (exact) mass is 340 g/mol. The molecule has 2 aliphatic rings. The number of esters is 1. The molecule has 3 atom stereocenters. The van der Waals surface area contributed by atoms with E-state index in [0.717, 1.165) is 11.1 Å². The maximum atomic E-state index is 12.7. The van der Waals surface area contributed by atoms with Gasteiger partial charge in [0.1, 0.15) is 0 Å². The minimum Gasteiger partial charge on any atom is -0.466 e. The third-order valence-corrected chi connectivity index (χ3v) is 4.50. The Kier molecular flexibility index (Phi) is 4.65. The van der Waals surface area contributed by atoms with Crippen molar-refractivity contribution in [2.45, 2.75) is 19.8 Å². The number of rotatable bonds is 3. The van der Waals surface area contributed by atoms with Crippen LogP contribution in [0.25, 0.3) is 0 Å². The summed E-state index contributed by atoms with van der Waals surface area (Å²) in [5.74, 6) is 3.16. The fraction of sp³-hybridized carbons (Fsp3) is 0.333. The number of carbonyl (C=O) groups excluding carboxylic acids is 2. The van der Waals surface area contributed by atoms with E-state index in [4.69, 9.17) is 10.6 Å². The Morgan fingerprint density at radius 1 is 1.36 bits per heavy atom. The number of allylic oxidation sites excluding steroid dienone is 1. The molecule has 0 saturated heterocycles. The molecule has 0 bridgehead atoms. The van der Waals surface area contributed by atoms with Gasteiger partial charge in [-0.15, -0.1) is 5.10 Å². The predicted molar refractivity (Wildman–Crippen MR) is 93.8 cm³/mol. The number of nitrogens with one attached hydrogen (secondary N) is 1. The first-order valence-electron chi connectivity index (χ1n) is 8.14. The lowest BCUT2D eigenvalue weighted by Gasteiger charge is -2.38. The van der Waals surface area contributed by atoms with Gasteiger partial charge in [-0.2, -0.15) is 0 Å². The second-order valence-electron chi connectivity index (χ2n) is 6.01. The number of ether oxygens (including phenoxy) is 1. The third-order valence-electron chi connectivity index (χ3n) is 4.50. The predicted octanol–water partition coefficient (Wildman–Crippen LogP) is 1.33. The van der Waals surface area contributed by atoms with Gasteiger partial charge in [0, 0.05) is 5.92 Å². The zero-order valence-corrected chi connectivity index (χ0v) is 14.1. The van der Waals surface area contributed by atoms with Crippen LogP contribution in [-0.4, -0.2) is 30.2 Å². The van der Waals surface area contributed by atoms with E-state index in [1.165, 1.54) is 0 Å². The summed E-state index contributed by atoms with van der Waals surface area (Å²) in [6, 6.07) is 9.48. The summed E-state index contributed by atoms with van der Waals surface area (Å²) in [5.41, 5.74) is 2.24. The van der Waals surface area contributed by atoms with Crippen LogP contribution in [0.15, 0.2) is 52.1 Å². The van der Waals surface area contributed by atoms with Gasteiger partial charge < -0.3 is 10.6 Å². The second kappa shape index (κ2) is 6.88. The lowest BCUT2D eigenvalue weighted by molar-refractivity contribution is -0.148. The van der Waals surface area contributed by atoms with E-state index >= 15 is 0 Å². The number of fused-ring (bicyclic) bond motifs is 1. The summed E-state index contributed by atoms with van der Waals surface area (Å²) in [4.78, 5) is 29.6. The number of hydrazone groups is 1. The molecular formula is C18H20N4O3. The highest BCUT2D eigenvalue weighted by Crippen LogP contribution is 2.42. The first-order valence-corrected chi connectivity index (χ1v) is 8.14. The Bertz CT molecular complexity index is 783. The molecule has 0 spiro atoms. The highest BCUT2D eigenvalue weighted by molar-refractivity contribution is 6.22. The van der Waals surface area contributed by atoms with Crippen molar-refractivity contribution < 1.29 is 14.3 Å². The van der Waals surface area contributed by atoms with Crippen LogP contribution < -0.4 is 11.2 Å². The average Bonchev–Trinajstić information content (AvgIpc) is 2.61. The van der Waals surface area contributed by atoms with Crippen molar-refractivity contribution in [1.82, 2.24) is 5.32 Å². The number of carbonyl (C=O) groups is 2. The molecule has 0 radical (unpaired) electrons. The maximum absolute atomic E-state index is 12.7. The number of nitrogens with two attached hydrogens (primary N) is 1. The summed E-state index contributed by atoms with van der Waals surface area (Å²) < 4.78 is 5.27. The van der Waals surface area contributed by atoms with Crippen LogP contribution in [0.2, 0.25) is 0 Å². The fourth-order valence-electron chi connectivity index (χ4n) is 3.50. The minimum absolute atomic E-state index is 0.0710. The standard InChI is InChI=1S/C18H20N4O3/c1-3-25-17(24)13-10(2)9-12-15(16(23)21-18(20-12)22-19)14(13)11-7-5-4-6-8-11/h4-9,13-15H,3,19H2,1-2H3,(H,21,22,23). The molecule has 7 heteroatoms. The number of hydrogen-bond donors (Lipinski definition) is 2. The molecule has 0 aromatic heterocycles. The Balaban J connectivity index is 2.16. The van der Waals surface area contributed by atoms with Crippen LogP contribution in [0.3, 0.4) is 0 Å². The molecule has 25 heavy (non-hydrogen) atoms. The van der Waals surface area contributed by atoms with Gasteiger partial charge in [0.15, 0.2) is 0 Å². The zero-order chi connectivity index (χ0) is 18.0. The van der Waals surface area contributed by atoms with Crippen LogP contribution >= 0.6 is 0 Å². The van der Waals surface area contributed by atoms with E-state index < -0.39 is 17.8 Å². The molecule has 130 valence electrons. The largest absolute Gasteiger partial charge is 0.466 e. The van der Waals surface area contributed by atoms with Crippen molar-refractivity contribution in [2.75, 3.05) is 6.61 Å². The quantitative estimate of drug-likeness (QED) is 0.492. The number of guanidine groups is 1. The average molecular weight is 340 g/mol. The maximum Gasteiger partial charge on any atom is 0.313 e. The van der Waals surface area contributed by atoms with Crippen LogP contribution in [-0.2, 0) is 14.3 Å². The van der Waals surface area contributed by atoms with E-state index in [2.05, 4.69) is 15.4 Å². The summed E-state index contributed by atoms with van der Waals surface area (Å²) >= 11 is 0. The molecule has 1 aliphatic carbocycles. The number of amides is 1. The fourth-order valence-corrected chi connectivity index (χ4v) is 3.50.